The molecule has 0 radical (unpaired) electrons. The molecule has 0 spiro atoms. The van der Waals surface area contributed by atoms with Crippen LogP contribution in [0.5, 0.6) is 0 Å². The van der Waals surface area contributed by atoms with Gasteiger partial charge in [0.1, 0.15) is 0 Å². The Morgan fingerprint density at radius 1 is 1.07 bits per heavy atom. The van der Waals surface area contributed by atoms with E-state index in [2.05, 4.69) is 10.0 Å². The summed E-state index contributed by atoms with van der Waals surface area (Å²) in [6.07, 6.45) is 7.36. The second-order valence-electron chi connectivity index (χ2n) is 7.12. The Kier molecular flexibility index (Phi) is 6.67. The molecule has 3 rings (SSSR count). The molecule has 0 heterocycles. The Labute approximate surface area is 171 Å². The zero-order chi connectivity index (χ0) is 20.1. The molecule has 1 fully saturated rings. The van der Waals surface area contributed by atoms with E-state index >= 15 is 0 Å². The van der Waals surface area contributed by atoms with Crippen LogP contribution < -0.4 is 10.0 Å². The predicted molar refractivity (Wildman–Crippen MR) is 115 cm³/mol. The quantitative estimate of drug-likeness (QED) is 0.673. The van der Waals surface area contributed by atoms with Crippen LogP contribution in [-0.2, 0) is 10.0 Å². The number of hydrogen-bond acceptors (Lipinski definition) is 4. The molecule has 0 unspecified atom stereocenters. The van der Waals surface area contributed by atoms with E-state index in [1.807, 2.05) is 25.3 Å². The highest BCUT2D eigenvalue weighted by molar-refractivity contribution is 7.98. The Hall–Kier alpha value is -1.99. The van der Waals surface area contributed by atoms with Crippen molar-refractivity contribution < 1.29 is 13.2 Å². The van der Waals surface area contributed by atoms with Crippen molar-refractivity contribution in [3.8, 4) is 0 Å². The van der Waals surface area contributed by atoms with Crippen LogP contribution >= 0.6 is 11.8 Å². The van der Waals surface area contributed by atoms with Crippen LogP contribution in [0.3, 0.4) is 0 Å². The maximum atomic E-state index is 12.8. The van der Waals surface area contributed by atoms with Crippen molar-refractivity contribution in [2.75, 3.05) is 11.0 Å². The maximum Gasteiger partial charge on any atom is 0.261 e. The van der Waals surface area contributed by atoms with Gasteiger partial charge < -0.3 is 5.32 Å². The zero-order valence-electron chi connectivity index (χ0n) is 16.2. The van der Waals surface area contributed by atoms with Gasteiger partial charge in [-0.25, -0.2) is 8.42 Å². The molecule has 0 aliphatic heterocycles. The van der Waals surface area contributed by atoms with E-state index in [1.165, 1.54) is 18.6 Å². The molecule has 28 heavy (non-hydrogen) atoms. The number of anilines is 1. The molecule has 0 atom stereocenters. The smallest absolute Gasteiger partial charge is 0.261 e. The van der Waals surface area contributed by atoms with Gasteiger partial charge in [-0.05, 0) is 61.9 Å². The van der Waals surface area contributed by atoms with Crippen LogP contribution in [0.15, 0.2) is 52.3 Å². The monoisotopic (exact) mass is 418 g/mol. The van der Waals surface area contributed by atoms with E-state index in [9.17, 15) is 13.2 Å². The molecule has 0 saturated heterocycles. The van der Waals surface area contributed by atoms with Crippen LogP contribution in [-0.4, -0.2) is 26.6 Å². The van der Waals surface area contributed by atoms with Crippen molar-refractivity contribution in [1.29, 1.82) is 0 Å². The van der Waals surface area contributed by atoms with E-state index in [0.717, 1.165) is 36.1 Å². The molecule has 7 heteroatoms. The maximum absolute atomic E-state index is 12.8. The van der Waals surface area contributed by atoms with Crippen LogP contribution in [0.1, 0.15) is 48.0 Å². The topological polar surface area (TPSA) is 75.3 Å². The lowest BCUT2D eigenvalue weighted by molar-refractivity contribution is 0.0927. The summed E-state index contributed by atoms with van der Waals surface area (Å²) in [5.74, 6) is -0.203. The molecule has 150 valence electrons. The summed E-state index contributed by atoms with van der Waals surface area (Å²) < 4.78 is 28.3. The van der Waals surface area contributed by atoms with Crippen molar-refractivity contribution in [1.82, 2.24) is 5.32 Å². The van der Waals surface area contributed by atoms with Crippen LogP contribution in [0, 0.1) is 6.92 Å². The highest BCUT2D eigenvalue weighted by Gasteiger charge is 2.21. The van der Waals surface area contributed by atoms with Gasteiger partial charge in [-0.1, -0.05) is 31.4 Å². The number of thioether (sulfide) groups is 1. The summed E-state index contributed by atoms with van der Waals surface area (Å²) in [7, 11) is -3.78. The summed E-state index contributed by atoms with van der Waals surface area (Å²) in [5.41, 5.74) is 1.67. The largest absolute Gasteiger partial charge is 0.349 e. The number of benzene rings is 2. The second-order valence-corrected chi connectivity index (χ2v) is 9.68. The van der Waals surface area contributed by atoms with Crippen molar-refractivity contribution in [2.24, 2.45) is 0 Å². The summed E-state index contributed by atoms with van der Waals surface area (Å²) in [6.45, 7) is 1.82. The number of carbonyl (C=O) groups is 1. The highest BCUT2D eigenvalue weighted by atomic mass is 32.2. The summed E-state index contributed by atoms with van der Waals surface area (Å²) >= 11 is 1.54. The number of sulfonamides is 1. The molecule has 0 bridgehead atoms. The molecule has 5 nitrogen and oxygen atoms in total. The zero-order valence-corrected chi connectivity index (χ0v) is 17.8. The third-order valence-electron chi connectivity index (χ3n) is 5.03. The van der Waals surface area contributed by atoms with Crippen molar-refractivity contribution >= 4 is 33.4 Å². The Bertz CT molecular complexity index is 952. The number of amides is 1. The number of hydrogen-bond donors (Lipinski definition) is 2. The van der Waals surface area contributed by atoms with Crippen molar-refractivity contribution in [2.45, 2.75) is 54.9 Å². The molecule has 2 N–H and O–H groups in total. The minimum Gasteiger partial charge on any atom is -0.349 e. The average molecular weight is 419 g/mol. The first-order valence-electron chi connectivity index (χ1n) is 9.47. The molecular weight excluding hydrogens is 392 g/mol. The van der Waals surface area contributed by atoms with Gasteiger partial charge in [-0.15, -0.1) is 11.8 Å². The van der Waals surface area contributed by atoms with Gasteiger partial charge in [0.2, 0.25) is 0 Å². The van der Waals surface area contributed by atoms with Gasteiger partial charge in [0, 0.05) is 22.2 Å². The minimum absolute atomic E-state index is 0.0847. The fraction of sp³-hybridized carbons (Fsp3) is 0.381. The third-order valence-corrected chi connectivity index (χ3v) is 7.13. The van der Waals surface area contributed by atoms with Gasteiger partial charge in [0.05, 0.1) is 4.90 Å². The van der Waals surface area contributed by atoms with E-state index in [-0.39, 0.29) is 16.8 Å². The SMILES string of the molecule is CSc1cccc(NS(=O)(=O)c2ccc(C)c(C(=O)NC3CCCCC3)c2)c1. The van der Waals surface area contributed by atoms with Crippen LogP contribution in [0.4, 0.5) is 5.69 Å². The number of rotatable bonds is 6. The Morgan fingerprint density at radius 3 is 2.54 bits per heavy atom. The van der Waals surface area contributed by atoms with E-state index < -0.39 is 10.0 Å². The normalized spacial score (nSPS) is 15.2. The minimum atomic E-state index is -3.78. The number of nitrogens with one attached hydrogen (secondary N) is 2. The first-order valence-corrected chi connectivity index (χ1v) is 12.2. The van der Waals surface area contributed by atoms with Gasteiger partial charge in [-0.2, -0.15) is 0 Å². The molecule has 1 saturated carbocycles. The molecule has 2 aromatic rings. The van der Waals surface area contributed by atoms with Gasteiger partial charge in [0.25, 0.3) is 15.9 Å². The summed E-state index contributed by atoms with van der Waals surface area (Å²) in [6, 6.07) is 12.1. The lowest BCUT2D eigenvalue weighted by Crippen LogP contribution is -2.36. The molecule has 1 aliphatic rings. The molecular formula is C21H26N2O3S2. The lowest BCUT2D eigenvalue weighted by atomic mass is 9.95. The summed E-state index contributed by atoms with van der Waals surface area (Å²) in [4.78, 5) is 13.8. The molecule has 0 aromatic heterocycles. The highest BCUT2D eigenvalue weighted by Crippen LogP contribution is 2.24. The fourth-order valence-corrected chi connectivity index (χ4v) is 4.96. The first kappa shape index (κ1) is 20.7. The van der Waals surface area contributed by atoms with E-state index in [4.69, 9.17) is 0 Å². The van der Waals surface area contributed by atoms with Gasteiger partial charge in [0.15, 0.2) is 0 Å². The van der Waals surface area contributed by atoms with Gasteiger partial charge >= 0.3 is 0 Å². The fourth-order valence-electron chi connectivity index (χ4n) is 3.42. The van der Waals surface area contributed by atoms with E-state index in [1.54, 1.807) is 30.0 Å². The lowest BCUT2D eigenvalue weighted by Gasteiger charge is -2.23. The van der Waals surface area contributed by atoms with Gasteiger partial charge in [-0.3, -0.25) is 9.52 Å². The average Bonchev–Trinajstić information content (AvgIpc) is 2.68. The summed E-state index contributed by atoms with van der Waals surface area (Å²) in [5, 5.41) is 3.06. The molecule has 1 aliphatic carbocycles. The number of carbonyl (C=O) groups excluding carboxylic acids is 1. The predicted octanol–water partition coefficient (Wildman–Crippen LogP) is 4.58. The third kappa shape index (κ3) is 5.08. The standard InChI is InChI=1S/C21H26N2O3S2/c1-15-11-12-19(14-20(15)21(24)22-16-7-4-3-5-8-16)28(25,26)23-17-9-6-10-18(13-17)27-2/h6,9-14,16,23H,3-5,7-8H2,1-2H3,(H,22,24). The van der Waals surface area contributed by atoms with Crippen molar-refractivity contribution in [3.63, 3.8) is 0 Å². The van der Waals surface area contributed by atoms with Crippen LogP contribution in [0.2, 0.25) is 0 Å². The Morgan fingerprint density at radius 2 is 1.82 bits per heavy atom. The van der Waals surface area contributed by atoms with E-state index in [0.29, 0.717) is 11.3 Å². The molecule has 2 aromatic carbocycles. The van der Waals surface area contributed by atoms with Crippen LogP contribution in [0.25, 0.3) is 0 Å². The van der Waals surface area contributed by atoms with Crippen molar-refractivity contribution in [3.05, 3.63) is 53.6 Å². The Balaban J connectivity index is 1.81. The molecule has 1 amide bonds. The first-order chi connectivity index (χ1) is 13.4. The number of aryl methyl sites for hydroxylation is 1. The second kappa shape index (κ2) is 9.01.